The van der Waals surface area contributed by atoms with E-state index in [0.29, 0.717) is 13.2 Å². The van der Waals surface area contributed by atoms with E-state index >= 15 is 0 Å². The molecule has 0 radical (unpaired) electrons. The lowest BCUT2D eigenvalue weighted by Crippen LogP contribution is -2.09. The van der Waals surface area contributed by atoms with Crippen LogP contribution < -0.4 is 4.74 Å². The first-order chi connectivity index (χ1) is 13.5. The van der Waals surface area contributed by atoms with E-state index in [1.807, 2.05) is 38.1 Å². The predicted molar refractivity (Wildman–Crippen MR) is 114 cm³/mol. The van der Waals surface area contributed by atoms with E-state index in [-0.39, 0.29) is 12.4 Å². The van der Waals surface area contributed by atoms with Crippen LogP contribution in [0.25, 0.3) is 11.0 Å². The van der Waals surface area contributed by atoms with Gasteiger partial charge in [0.05, 0.1) is 17.5 Å². The second-order valence-electron chi connectivity index (χ2n) is 6.82. The Morgan fingerprint density at radius 2 is 1.93 bits per heavy atom. The molecule has 0 bridgehead atoms. The van der Waals surface area contributed by atoms with Crippen LogP contribution in [0, 0.1) is 6.92 Å². The highest BCUT2D eigenvalue weighted by molar-refractivity contribution is 9.10. The lowest BCUT2D eigenvalue weighted by Gasteiger charge is -2.13. The molecule has 3 rings (SSSR count). The van der Waals surface area contributed by atoms with Gasteiger partial charge in [-0.2, -0.15) is 0 Å². The summed E-state index contributed by atoms with van der Waals surface area (Å²) in [6, 6.07) is 12.1. The summed E-state index contributed by atoms with van der Waals surface area (Å²) in [5, 5.41) is 1.04. The normalized spacial score (nSPS) is 11.0. The third-order valence-corrected chi connectivity index (χ3v) is 5.05. The smallest absolute Gasteiger partial charge is 0.310 e. The van der Waals surface area contributed by atoms with Gasteiger partial charge in [0.2, 0.25) is 0 Å². The van der Waals surface area contributed by atoms with Gasteiger partial charge in [-0.3, -0.25) is 4.79 Å². The van der Waals surface area contributed by atoms with Crippen LogP contribution in [0.15, 0.2) is 45.3 Å². The van der Waals surface area contributed by atoms with Gasteiger partial charge in [0.25, 0.3) is 0 Å². The van der Waals surface area contributed by atoms with E-state index in [1.54, 1.807) is 0 Å². The molecule has 0 spiro atoms. The number of aryl methyl sites for hydroxylation is 2. The van der Waals surface area contributed by atoms with Gasteiger partial charge >= 0.3 is 5.97 Å². The molecule has 0 atom stereocenters. The number of ether oxygens (including phenoxy) is 2. The Morgan fingerprint density at radius 1 is 1.11 bits per heavy atom. The van der Waals surface area contributed by atoms with E-state index in [4.69, 9.17) is 13.9 Å². The van der Waals surface area contributed by atoms with Crippen LogP contribution in [0.3, 0.4) is 0 Å². The van der Waals surface area contributed by atoms with Crippen molar-refractivity contribution >= 4 is 32.9 Å². The lowest BCUT2D eigenvalue weighted by molar-refractivity contribution is -0.142. The number of hydrogen-bond donors (Lipinski definition) is 0. The van der Waals surface area contributed by atoms with Crippen molar-refractivity contribution in [1.29, 1.82) is 0 Å². The van der Waals surface area contributed by atoms with E-state index in [9.17, 15) is 4.79 Å². The van der Waals surface area contributed by atoms with Gasteiger partial charge in [-0.15, -0.1) is 0 Å². The zero-order valence-corrected chi connectivity index (χ0v) is 18.1. The second-order valence-corrected chi connectivity index (χ2v) is 7.67. The van der Waals surface area contributed by atoms with Gasteiger partial charge in [-0.1, -0.05) is 25.5 Å². The van der Waals surface area contributed by atoms with Crippen molar-refractivity contribution in [1.82, 2.24) is 0 Å². The van der Waals surface area contributed by atoms with Gasteiger partial charge in [-0.25, -0.2) is 0 Å². The first-order valence-corrected chi connectivity index (χ1v) is 10.4. The molecule has 0 fully saturated rings. The molecule has 5 heteroatoms. The summed E-state index contributed by atoms with van der Waals surface area (Å²) in [5.41, 5.74) is 3.92. The Hall–Kier alpha value is -2.27. The monoisotopic (exact) mass is 444 g/mol. The van der Waals surface area contributed by atoms with E-state index in [1.165, 1.54) is 5.56 Å². The fourth-order valence-electron chi connectivity index (χ4n) is 3.23. The van der Waals surface area contributed by atoms with Crippen LogP contribution in [-0.4, -0.2) is 12.6 Å². The second kappa shape index (κ2) is 9.28. The van der Waals surface area contributed by atoms with Crippen molar-refractivity contribution in [3.8, 4) is 5.75 Å². The number of fused-ring (bicyclic) bond motifs is 1. The zero-order valence-electron chi connectivity index (χ0n) is 16.5. The molecule has 2 aromatic carbocycles. The first-order valence-electron chi connectivity index (χ1n) is 9.59. The summed E-state index contributed by atoms with van der Waals surface area (Å²) in [7, 11) is 0. The van der Waals surface area contributed by atoms with Crippen molar-refractivity contribution in [2.75, 3.05) is 6.61 Å². The molecule has 0 unspecified atom stereocenters. The Morgan fingerprint density at radius 3 is 2.68 bits per heavy atom. The molecular formula is C23H25BrO4. The molecule has 3 aromatic rings. The molecule has 4 nitrogen and oxygen atoms in total. The SMILES string of the molecule is CCCc1ccc(CC(=O)OCC)c(OCc2cc(Br)c3oc(C)cc3c2)c1. The predicted octanol–water partition coefficient (Wildman–Crippen LogP) is 6.14. The summed E-state index contributed by atoms with van der Waals surface area (Å²) < 4.78 is 17.8. The summed E-state index contributed by atoms with van der Waals surface area (Å²) in [4.78, 5) is 11.9. The average molecular weight is 445 g/mol. The van der Waals surface area contributed by atoms with E-state index < -0.39 is 0 Å². The third kappa shape index (κ3) is 4.96. The standard InChI is InChI=1S/C23H25BrO4/c1-4-6-16-7-8-18(13-22(25)26-5-2)21(12-16)27-14-17-10-19-9-15(3)28-23(19)20(24)11-17/h7-12H,4-6,13-14H2,1-3H3. The fourth-order valence-corrected chi connectivity index (χ4v) is 3.84. The molecule has 0 amide bonds. The lowest BCUT2D eigenvalue weighted by atomic mass is 10.0. The summed E-state index contributed by atoms with van der Waals surface area (Å²) in [6.07, 6.45) is 2.24. The quantitative estimate of drug-likeness (QED) is 0.391. The number of carbonyl (C=O) groups excluding carboxylic acids is 1. The number of esters is 1. The summed E-state index contributed by atoms with van der Waals surface area (Å²) >= 11 is 3.57. The van der Waals surface area contributed by atoms with Crippen molar-refractivity contribution in [2.45, 2.75) is 46.6 Å². The minimum atomic E-state index is -0.242. The van der Waals surface area contributed by atoms with Crippen LogP contribution in [0.2, 0.25) is 0 Å². The minimum Gasteiger partial charge on any atom is -0.489 e. The maximum absolute atomic E-state index is 11.9. The fraction of sp³-hybridized carbons (Fsp3) is 0.348. The number of hydrogen-bond acceptors (Lipinski definition) is 4. The van der Waals surface area contributed by atoms with Crippen LogP contribution >= 0.6 is 15.9 Å². The maximum atomic E-state index is 11.9. The first kappa shape index (κ1) is 20.5. The van der Waals surface area contributed by atoms with Gasteiger partial charge in [-0.05, 0) is 71.6 Å². The van der Waals surface area contributed by atoms with Gasteiger partial charge < -0.3 is 13.9 Å². The molecule has 0 N–H and O–H groups in total. The highest BCUT2D eigenvalue weighted by Crippen LogP contribution is 2.30. The number of furan rings is 1. The minimum absolute atomic E-state index is 0.208. The Labute approximate surface area is 174 Å². The highest BCUT2D eigenvalue weighted by atomic mass is 79.9. The van der Waals surface area contributed by atoms with Crippen LogP contribution in [-0.2, 0) is 29.0 Å². The molecule has 1 aromatic heterocycles. The number of carbonyl (C=O) groups is 1. The topological polar surface area (TPSA) is 48.7 Å². The average Bonchev–Trinajstić information content (AvgIpc) is 3.03. The largest absolute Gasteiger partial charge is 0.489 e. The number of halogens is 1. The van der Waals surface area contributed by atoms with Gasteiger partial charge in [0.15, 0.2) is 0 Å². The molecule has 1 heterocycles. The molecule has 0 aliphatic heterocycles. The molecule has 28 heavy (non-hydrogen) atoms. The van der Waals surface area contributed by atoms with Crippen LogP contribution in [0.4, 0.5) is 0 Å². The highest BCUT2D eigenvalue weighted by Gasteiger charge is 2.13. The molecule has 0 saturated carbocycles. The van der Waals surface area contributed by atoms with Gasteiger partial charge in [0.1, 0.15) is 23.7 Å². The van der Waals surface area contributed by atoms with Crippen LogP contribution in [0.1, 0.15) is 42.7 Å². The summed E-state index contributed by atoms with van der Waals surface area (Å²) in [5.74, 6) is 1.37. The van der Waals surface area contributed by atoms with Crippen molar-refractivity contribution < 1.29 is 18.7 Å². The molecular weight excluding hydrogens is 420 g/mol. The van der Waals surface area contributed by atoms with Crippen molar-refractivity contribution in [3.05, 3.63) is 63.3 Å². The Balaban J connectivity index is 1.83. The molecule has 0 saturated heterocycles. The molecule has 148 valence electrons. The Kier molecular flexibility index (Phi) is 6.79. The van der Waals surface area contributed by atoms with Crippen molar-refractivity contribution in [2.24, 2.45) is 0 Å². The molecule has 0 aliphatic rings. The van der Waals surface area contributed by atoms with Gasteiger partial charge in [0, 0.05) is 10.9 Å². The summed E-state index contributed by atoms with van der Waals surface area (Å²) in [6.45, 7) is 6.67. The zero-order chi connectivity index (χ0) is 20.1. The number of benzene rings is 2. The maximum Gasteiger partial charge on any atom is 0.310 e. The van der Waals surface area contributed by atoms with Crippen LogP contribution in [0.5, 0.6) is 5.75 Å². The number of rotatable bonds is 8. The Bertz CT molecular complexity index is 974. The van der Waals surface area contributed by atoms with Crippen molar-refractivity contribution in [3.63, 3.8) is 0 Å². The molecule has 0 aliphatic carbocycles. The third-order valence-electron chi connectivity index (χ3n) is 4.46. The van der Waals surface area contributed by atoms with E-state index in [0.717, 1.165) is 50.9 Å². The van der Waals surface area contributed by atoms with E-state index in [2.05, 4.69) is 35.0 Å².